The Balaban J connectivity index is 1.28. The largest absolute Gasteiger partial charge is 0.337 e. The van der Waals surface area contributed by atoms with Gasteiger partial charge in [0.1, 0.15) is 0 Å². The van der Waals surface area contributed by atoms with Gasteiger partial charge in [-0.05, 0) is 11.6 Å². The van der Waals surface area contributed by atoms with Crippen molar-refractivity contribution in [3.8, 4) is 0 Å². The highest BCUT2D eigenvalue weighted by molar-refractivity contribution is 7.15. The second-order valence-electron chi connectivity index (χ2n) is 6.62. The minimum absolute atomic E-state index is 0.0146. The fourth-order valence-electron chi connectivity index (χ4n) is 3.23. The minimum Gasteiger partial charge on any atom is -0.337 e. The quantitative estimate of drug-likeness (QED) is 0.596. The number of hydrogen-bond acceptors (Lipinski definition) is 4. The molecule has 7 heteroatoms. The molecule has 1 aromatic carbocycles. The molecule has 1 fully saturated rings. The first-order valence-corrected chi connectivity index (χ1v) is 10.5. The van der Waals surface area contributed by atoms with Crippen LogP contribution in [0.1, 0.15) is 11.3 Å². The molecule has 2 aromatic heterocycles. The first-order chi connectivity index (χ1) is 13.7. The molecule has 28 heavy (non-hydrogen) atoms. The van der Waals surface area contributed by atoms with Gasteiger partial charge in [0.2, 0.25) is 5.91 Å². The van der Waals surface area contributed by atoms with Crippen LogP contribution in [0, 0.1) is 0 Å². The Bertz CT molecular complexity index is 1000. The van der Waals surface area contributed by atoms with E-state index in [0.717, 1.165) is 43.4 Å². The molecule has 0 radical (unpaired) electrons. The number of carbonyl (C=O) groups excluding carboxylic acids is 1. The van der Waals surface area contributed by atoms with E-state index in [1.165, 1.54) is 16.9 Å². The lowest BCUT2D eigenvalue weighted by Gasteiger charge is -2.33. The number of thiazole rings is 1. The predicted molar refractivity (Wildman–Crippen MR) is 116 cm³/mol. The van der Waals surface area contributed by atoms with Crippen molar-refractivity contribution in [1.82, 2.24) is 19.2 Å². The Labute approximate surface area is 173 Å². The summed E-state index contributed by atoms with van der Waals surface area (Å²) in [4.78, 5) is 21.9. The Morgan fingerprint density at radius 2 is 1.93 bits per heavy atom. The molecule has 0 atom stereocenters. The number of imidazole rings is 1. The number of rotatable bonds is 5. The van der Waals surface area contributed by atoms with Crippen molar-refractivity contribution in [2.24, 2.45) is 0 Å². The zero-order valence-corrected chi connectivity index (χ0v) is 16.9. The number of nitrogens with zero attached hydrogens (tertiary/aromatic N) is 4. The van der Waals surface area contributed by atoms with Gasteiger partial charge < -0.3 is 4.90 Å². The van der Waals surface area contributed by atoms with E-state index < -0.39 is 0 Å². The second kappa shape index (κ2) is 8.73. The molecule has 0 saturated carbocycles. The zero-order chi connectivity index (χ0) is 19.3. The molecule has 0 aliphatic carbocycles. The van der Waals surface area contributed by atoms with Crippen LogP contribution in [0.15, 0.2) is 54.1 Å². The highest BCUT2D eigenvalue weighted by atomic mass is 35.5. The average molecular weight is 413 g/mol. The molecule has 4 rings (SSSR count). The number of amides is 1. The van der Waals surface area contributed by atoms with Gasteiger partial charge in [-0.2, -0.15) is 0 Å². The molecule has 3 heterocycles. The summed E-state index contributed by atoms with van der Waals surface area (Å²) in [5.41, 5.74) is 1.95. The van der Waals surface area contributed by atoms with Crippen molar-refractivity contribution in [2.45, 2.75) is 0 Å². The highest BCUT2D eigenvalue weighted by Crippen LogP contribution is 2.22. The van der Waals surface area contributed by atoms with Gasteiger partial charge in [-0.25, -0.2) is 4.98 Å². The standard InChI is InChI=1S/C21H21ClN4OS/c22-20-18(26-15-16-28-21(26)23-20)8-9-19(27)25-13-11-24(12-14-25)10-4-7-17-5-2-1-3-6-17/h1-9,15-16H,10-14H2/b7-4+,9-8+. The molecular weight excluding hydrogens is 392 g/mol. The van der Waals surface area contributed by atoms with Crippen LogP contribution in [-0.4, -0.2) is 57.8 Å². The van der Waals surface area contributed by atoms with Gasteiger partial charge in [-0.15, -0.1) is 11.3 Å². The molecule has 0 bridgehead atoms. The zero-order valence-electron chi connectivity index (χ0n) is 15.4. The van der Waals surface area contributed by atoms with Gasteiger partial charge >= 0.3 is 0 Å². The molecule has 1 aliphatic heterocycles. The monoisotopic (exact) mass is 412 g/mol. The topological polar surface area (TPSA) is 40.9 Å². The molecular formula is C21H21ClN4OS. The van der Waals surface area contributed by atoms with Crippen molar-refractivity contribution in [3.05, 3.63) is 70.5 Å². The van der Waals surface area contributed by atoms with Crippen LogP contribution in [0.2, 0.25) is 5.15 Å². The number of hydrogen-bond donors (Lipinski definition) is 0. The van der Waals surface area contributed by atoms with Crippen molar-refractivity contribution >= 4 is 46.0 Å². The van der Waals surface area contributed by atoms with Gasteiger partial charge in [-0.1, -0.05) is 54.1 Å². The lowest BCUT2D eigenvalue weighted by Crippen LogP contribution is -2.48. The van der Waals surface area contributed by atoms with Crippen LogP contribution in [0.4, 0.5) is 0 Å². The van der Waals surface area contributed by atoms with E-state index in [1.807, 2.05) is 39.1 Å². The Kier molecular flexibility index (Phi) is 5.90. The predicted octanol–water partition coefficient (Wildman–Crippen LogP) is 3.92. The molecule has 144 valence electrons. The maximum absolute atomic E-state index is 12.5. The molecule has 0 unspecified atom stereocenters. The van der Waals surface area contributed by atoms with Crippen LogP contribution < -0.4 is 0 Å². The number of piperazine rings is 1. The van der Waals surface area contributed by atoms with E-state index >= 15 is 0 Å². The lowest BCUT2D eigenvalue weighted by atomic mass is 10.2. The number of benzene rings is 1. The van der Waals surface area contributed by atoms with Crippen LogP contribution in [0.25, 0.3) is 17.1 Å². The third-order valence-electron chi connectivity index (χ3n) is 4.80. The normalized spacial score (nSPS) is 16.0. The molecule has 1 amide bonds. The summed E-state index contributed by atoms with van der Waals surface area (Å²) in [5, 5.41) is 2.37. The number of carbonyl (C=O) groups is 1. The van der Waals surface area contributed by atoms with Gasteiger partial charge in [0.25, 0.3) is 0 Å². The van der Waals surface area contributed by atoms with Crippen molar-refractivity contribution in [3.63, 3.8) is 0 Å². The molecule has 0 N–H and O–H groups in total. The van der Waals surface area contributed by atoms with E-state index in [1.54, 1.807) is 12.2 Å². The summed E-state index contributed by atoms with van der Waals surface area (Å²) in [6.07, 6.45) is 9.58. The maximum Gasteiger partial charge on any atom is 0.246 e. The summed E-state index contributed by atoms with van der Waals surface area (Å²) >= 11 is 7.69. The summed E-state index contributed by atoms with van der Waals surface area (Å²) in [6.45, 7) is 4.11. The van der Waals surface area contributed by atoms with Crippen LogP contribution in [0.5, 0.6) is 0 Å². The van der Waals surface area contributed by atoms with Crippen molar-refractivity contribution in [1.29, 1.82) is 0 Å². The van der Waals surface area contributed by atoms with E-state index in [2.05, 4.69) is 34.2 Å². The summed E-state index contributed by atoms with van der Waals surface area (Å²) in [7, 11) is 0. The molecule has 5 nitrogen and oxygen atoms in total. The summed E-state index contributed by atoms with van der Waals surface area (Å²) in [5.74, 6) is 0.0146. The Morgan fingerprint density at radius 3 is 2.71 bits per heavy atom. The molecule has 1 saturated heterocycles. The van der Waals surface area contributed by atoms with Gasteiger partial charge in [0.15, 0.2) is 10.1 Å². The maximum atomic E-state index is 12.5. The van der Waals surface area contributed by atoms with E-state index in [9.17, 15) is 4.79 Å². The van der Waals surface area contributed by atoms with E-state index in [4.69, 9.17) is 11.6 Å². The first-order valence-electron chi connectivity index (χ1n) is 9.23. The number of fused-ring (bicyclic) bond motifs is 1. The summed E-state index contributed by atoms with van der Waals surface area (Å²) < 4.78 is 1.90. The van der Waals surface area contributed by atoms with Gasteiger partial charge in [0, 0.05) is 50.4 Å². The lowest BCUT2D eigenvalue weighted by molar-refractivity contribution is -0.127. The van der Waals surface area contributed by atoms with E-state index in [-0.39, 0.29) is 5.91 Å². The van der Waals surface area contributed by atoms with E-state index in [0.29, 0.717) is 5.15 Å². The minimum atomic E-state index is 0.0146. The van der Waals surface area contributed by atoms with Gasteiger partial charge in [0.05, 0.1) is 5.69 Å². The SMILES string of the molecule is O=C(/C=C/c1c(Cl)nc2sccn12)N1CCN(C/C=C/c2ccccc2)CC1. The molecule has 3 aromatic rings. The fourth-order valence-corrected chi connectivity index (χ4v) is 4.24. The Hall–Kier alpha value is -2.41. The fraction of sp³-hybridized carbons (Fsp3) is 0.238. The highest BCUT2D eigenvalue weighted by Gasteiger charge is 2.19. The molecule has 0 spiro atoms. The molecule has 1 aliphatic rings. The average Bonchev–Trinajstić information content (AvgIpc) is 3.28. The summed E-state index contributed by atoms with van der Waals surface area (Å²) in [6, 6.07) is 10.3. The first kappa shape index (κ1) is 18.9. The van der Waals surface area contributed by atoms with Crippen molar-refractivity contribution < 1.29 is 4.79 Å². The third-order valence-corrected chi connectivity index (χ3v) is 5.83. The number of aromatic nitrogens is 2. The second-order valence-corrected chi connectivity index (χ2v) is 7.85. The van der Waals surface area contributed by atoms with Crippen molar-refractivity contribution in [2.75, 3.05) is 32.7 Å². The number of halogens is 1. The van der Waals surface area contributed by atoms with Gasteiger partial charge in [-0.3, -0.25) is 14.1 Å². The Morgan fingerprint density at radius 1 is 1.14 bits per heavy atom. The smallest absolute Gasteiger partial charge is 0.246 e. The van der Waals surface area contributed by atoms with Crippen LogP contribution in [-0.2, 0) is 4.79 Å². The van der Waals surface area contributed by atoms with Crippen LogP contribution >= 0.6 is 22.9 Å². The van der Waals surface area contributed by atoms with Crippen LogP contribution in [0.3, 0.4) is 0 Å². The third kappa shape index (κ3) is 4.35.